The Labute approximate surface area is 93.9 Å². The summed E-state index contributed by atoms with van der Waals surface area (Å²) in [5.74, 6) is 0. The average Bonchev–Trinajstić information content (AvgIpc) is 2.26. The maximum Gasteiger partial charge on any atom is 0.0432 e. The fraction of sp³-hybridized carbons (Fsp3) is 0.300. The molecule has 0 radical (unpaired) electrons. The van der Waals surface area contributed by atoms with E-state index < -0.39 is 0 Å². The molecular formula is C10H12Cl2N2. The molecule has 1 aromatic heterocycles. The summed E-state index contributed by atoms with van der Waals surface area (Å²) in [7, 11) is 0. The number of halogens is 2. The highest BCUT2D eigenvalue weighted by atomic mass is 35.5. The van der Waals surface area contributed by atoms with E-state index in [2.05, 4.69) is 17.2 Å². The van der Waals surface area contributed by atoms with Crippen LogP contribution in [0.2, 0.25) is 0 Å². The lowest BCUT2D eigenvalue weighted by Gasteiger charge is -2.12. The van der Waals surface area contributed by atoms with Gasteiger partial charge in [-0.25, -0.2) is 0 Å². The van der Waals surface area contributed by atoms with Gasteiger partial charge in [-0.15, -0.1) is 0 Å². The molecule has 0 fully saturated rings. The Kier molecular flexibility index (Phi) is 4.94. The molecule has 1 heterocycles. The Bertz CT molecular complexity index is 298. The first-order valence-electron chi connectivity index (χ1n) is 4.32. The monoisotopic (exact) mass is 230 g/mol. The number of rotatable bonds is 4. The lowest BCUT2D eigenvalue weighted by Crippen LogP contribution is -2.19. The zero-order valence-corrected chi connectivity index (χ0v) is 9.39. The second-order valence-corrected chi connectivity index (χ2v) is 3.65. The van der Waals surface area contributed by atoms with Crippen LogP contribution in [0.4, 0.5) is 0 Å². The largest absolute Gasteiger partial charge is 0.305 e. The summed E-state index contributed by atoms with van der Waals surface area (Å²) in [5.41, 5.74) is 2.50. The summed E-state index contributed by atoms with van der Waals surface area (Å²) in [4.78, 5) is 4.04. The maximum absolute atomic E-state index is 5.75. The highest BCUT2D eigenvalue weighted by Crippen LogP contribution is 2.11. The van der Waals surface area contributed by atoms with Crippen molar-refractivity contribution in [2.24, 2.45) is 0 Å². The molecule has 1 N–H and O–H groups in total. The number of hydrogen-bond acceptors (Lipinski definition) is 2. The van der Waals surface area contributed by atoms with E-state index in [9.17, 15) is 0 Å². The first kappa shape index (κ1) is 11.5. The van der Waals surface area contributed by atoms with Crippen molar-refractivity contribution in [3.63, 3.8) is 0 Å². The van der Waals surface area contributed by atoms with Crippen LogP contribution in [-0.4, -0.2) is 11.5 Å². The molecule has 1 rings (SSSR count). The number of aromatic nitrogens is 1. The number of nitrogens with zero attached hydrogens (tertiary/aromatic N) is 1. The Morgan fingerprint density at radius 2 is 2.50 bits per heavy atom. The summed E-state index contributed by atoms with van der Waals surface area (Å²) in [6.45, 7) is 2.62. The molecule has 2 nitrogen and oxygen atoms in total. The molecule has 0 aromatic carbocycles. The minimum absolute atomic E-state index is 0.217. The molecule has 0 aliphatic carbocycles. The van der Waals surface area contributed by atoms with Crippen molar-refractivity contribution in [1.29, 1.82) is 0 Å². The van der Waals surface area contributed by atoms with Crippen molar-refractivity contribution >= 4 is 23.2 Å². The highest BCUT2D eigenvalue weighted by Gasteiger charge is 2.03. The van der Waals surface area contributed by atoms with Crippen LogP contribution in [0.25, 0.3) is 0 Å². The van der Waals surface area contributed by atoms with E-state index in [0.29, 0.717) is 11.6 Å². The quantitative estimate of drug-likeness (QED) is 0.861. The molecular weight excluding hydrogens is 219 g/mol. The zero-order chi connectivity index (χ0) is 10.4. The molecule has 1 aromatic rings. The van der Waals surface area contributed by atoms with Crippen LogP contribution in [-0.2, 0) is 0 Å². The second kappa shape index (κ2) is 6.02. The summed E-state index contributed by atoms with van der Waals surface area (Å²) in [6.07, 6.45) is 3.58. The van der Waals surface area contributed by atoms with Gasteiger partial charge in [-0.2, -0.15) is 0 Å². The fourth-order valence-corrected chi connectivity index (χ4v) is 1.19. The molecule has 14 heavy (non-hydrogen) atoms. The van der Waals surface area contributed by atoms with Gasteiger partial charge in [0.1, 0.15) is 0 Å². The lowest BCUT2D eigenvalue weighted by molar-refractivity contribution is 0.612. The van der Waals surface area contributed by atoms with Gasteiger partial charge in [0.25, 0.3) is 0 Å². The average molecular weight is 231 g/mol. The van der Waals surface area contributed by atoms with Crippen LogP contribution in [0.5, 0.6) is 0 Å². The predicted molar refractivity (Wildman–Crippen MR) is 60.4 cm³/mol. The van der Waals surface area contributed by atoms with E-state index in [0.717, 1.165) is 5.56 Å². The molecule has 1 atom stereocenters. The maximum atomic E-state index is 5.75. The van der Waals surface area contributed by atoms with Gasteiger partial charge in [-0.05, 0) is 18.6 Å². The van der Waals surface area contributed by atoms with Crippen LogP contribution >= 0.6 is 23.2 Å². The molecule has 76 valence electrons. The normalized spacial score (nSPS) is 14.1. The Morgan fingerprint density at radius 3 is 3.07 bits per heavy atom. The first-order chi connectivity index (χ1) is 6.74. The molecule has 0 saturated carbocycles. The smallest absolute Gasteiger partial charge is 0.0432 e. The SMILES string of the molecule is C[C@@H](NC/C(Cl)=C/Cl)c1cccnc1. The third kappa shape index (κ3) is 3.66. The lowest BCUT2D eigenvalue weighted by atomic mass is 10.1. The third-order valence-corrected chi connectivity index (χ3v) is 2.50. The molecule has 0 aliphatic rings. The minimum Gasteiger partial charge on any atom is -0.305 e. The molecule has 4 heteroatoms. The van der Waals surface area contributed by atoms with Crippen LogP contribution in [0.15, 0.2) is 35.1 Å². The Hall–Kier alpha value is -0.570. The van der Waals surface area contributed by atoms with E-state index in [-0.39, 0.29) is 6.04 Å². The summed E-state index contributed by atoms with van der Waals surface area (Å²) >= 11 is 11.2. The standard InChI is InChI=1S/C10H12Cl2N2/c1-8(14-7-10(12)5-11)9-3-2-4-13-6-9/h2-6,8,14H,7H2,1H3/b10-5-/t8-/m1/s1. The Morgan fingerprint density at radius 1 is 1.71 bits per heavy atom. The van der Waals surface area contributed by atoms with Crippen molar-refractivity contribution in [3.05, 3.63) is 40.7 Å². The van der Waals surface area contributed by atoms with Crippen molar-refractivity contribution in [2.75, 3.05) is 6.54 Å². The van der Waals surface area contributed by atoms with Gasteiger partial charge in [0.05, 0.1) is 0 Å². The van der Waals surface area contributed by atoms with Gasteiger partial charge in [-0.3, -0.25) is 4.98 Å². The van der Waals surface area contributed by atoms with E-state index in [1.807, 2.05) is 18.3 Å². The van der Waals surface area contributed by atoms with E-state index in [1.165, 1.54) is 5.54 Å². The molecule has 0 saturated heterocycles. The van der Waals surface area contributed by atoms with Gasteiger partial charge in [0.2, 0.25) is 0 Å². The predicted octanol–water partition coefficient (Wildman–Crippen LogP) is 3.05. The molecule has 0 amide bonds. The van der Waals surface area contributed by atoms with Gasteiger partial charge in [0.15, 0.2) is 0 Å². The van der Waals surface area contributed by atoms with Crippen molar-refractivity contribution in [2.45, 2.75) is 13.0 Å². The van der Waals surface area contributed by atoms with Crippen molar-refractivity contribution < 1.29 is 0 Å². The van der Waals surface area contributed by atoms with Crippen LogP contribution in [0.1, 0.15) is 18.5 Å². The fourth-order valence-electron chi connectivity index (χ4n) is 1.04. The third-order valence-electron chi connectivity index (χ3n) is 1.88. The van der Waals surface area contributed by atoms with Gasteiger partial charge in [0, 0.05) is 35.5 Å². The second-order valence-electron chi connectivity index (χ2n) is 2.94. The van der Waals surface area contributed by atoms with Gasteiger partial charge < -0.3 is 5.32 Å². The van der Waals surface area contributed by atoms with Gasteiger partial charge in [-0.1, -0.05) is 29.3 Å². The van der Waals surface area contributed by atoms with Crippen molar-refractivity contribution in [1.82, 2.24) is 10.3 Å². The zero-order valence-electron chi connectivity index (χ0n) is 7.87. The van der Waals surface area contributed by atoms with Crippen LogP contribution in [0.3, 0.4) is 0 Å². The Balaban J connectivity index is 2.47. The summed E-state index contributed by atoms with van der Waals surface area (Å²) in [6, 6.07) is 4.14. The molecule has 0 aliphatic heterocycles. The number of pyridine rings is 1. The van der Waals surface area contributed by atoms with E-state index >= 15 is 0 Å². The molecule has 0 unspecified atom stereocenters. The number of hydrogen-bond donors (Lipinski definition) is 1. The number of nitrogens with one attached hydrogen (secondary N) is 1. The van der Waals surface area contributed by atoms with E-state index in [1.54, 1.807) is 6.20 Å². The summed E-state index contributed by atoms with van der Waals surface area (Å²) < 4.78 is 0. The van der Waals surface area contributed by atoms with E-state index in [4.69, 9.17) is 23.2 Å². The first-order valence-corrected chi connectivity index (χ1v) is 5.13. The molecule has 0 bridgehead atoms. The van der Waals surface area contributed by atoms with Gasteiger partial charge >= 0.3 is 0 Å². The topological polar surface area (TPSA) is 24.9 Å². The highest BCUT2D eigenvalue weighted by molar-refractivity contribution is 6.36. The van der Waals surface area contributed by atoms with Crippen LogP contribution < -0.4 is 5.32 Å². The summed E-state index contributed by atoms with van der Waals surface area (Å²) in [5, 5.41) is 3.82. The minimum atomic E-state index is 0.217. The van der Waals surface area contributed by atoms with Crippen molar-refractivity contribution in [3.8, 4) is 0 Å². The molecule has 0 spiro atoms. The van der Waals surface area contributed by atoms with Crippen LogP contribution in [0, 0.1) is 0 Å².